The number of nitrogens with zero attached hydrogens (tertiary/aromatic N) is 1. The van der Waals surface area contributed by atoms with Crippen molar-refractivity contribution in [3.63, 3.8) is 0 Å². The number of nitrogens with two attached hydrogens (primary N) is 1. The standard InChI is InChI=1S/C13H20N2O2S/c1-9-6-10(2)13-12(7-9)15(5-4-14)11(3)8-18(13,16)17/h6-7,11H,4-5,8,14H2,1-3H3. The number of sulfone groups is 1. The first-order valence-corrected chi connectivity index (χ1v) is 7.82. The minimum absolute atomic E-state index is 0.0211. The number of hydrogen-bond donors (Lipinski definition) is 1. The maximum Gasteiger partial charge on any atom is 0.182 e. The third-order valence-corrected chi connectivity index (χ3v) is 5.46. The topological polar surface area (TPSA) is 63.4 Å². The fraction of sp³-hybridized carbons (Fsp3) is 0.538. The Kier molecular flexibility index (Phi) is 3.38. The maximum absolute atomic E-state index is 12.3. The molecule has 0 aromatic heterocycles. The average molecular weight is 268 g/mol. The number of hydrogen-bond acceptors (Lipinski definition) is 4. The minimum atomic E-state index is -3.17. The first-order chi connectivity index (χ1) is 8.36. The molecule has 1 atom stereocenters. The van der Waals surface area contributed by atoms with Crippen molar-refractivity contribution >= 4 is 15.5 Å². The molecule has 0 saturated heterocycles. The summed E-state index contributed by atoms with van der Waals surface area (Å²) in [6, 6.07) is 3.85. The van der Waals surface area contributed by atoms with Crippen LogP contribution in [0.5, 0.6) is 0 Å². The summed E-state index contributed by atoms with van der Waals surface area (Å²) in [5.41, 5.74) is 8.36. The first-order valence-electron chi connectivity index (χ1n) is 6.17. The number of anilines is 1. The lowest BCUT2D eigenvalue weighted by Gasteiger charge is -2.37. The van der Waals surface area contributed by atoms with E-state index in [4.69, 9.17) is 5.73 Å². The molecule has 0 spiro atoms. The van der Waals surface area contributed by atoms with E-state index < -0.39 is 9.84 Å². The molecule has 0 radical (unpaired) electrons. The van der Waals surface area contributed by atoms with Crippen LogP contribution in [0.4, 0.5) is 5.69 Å². The quantitative estimate of drug-likeness (QED) is 0.876. The highest BCUT2D eigenvalue weighted by Crippen LogP contribution is 2.36. The van der Waals surface area contributed by atoms with E-state index in [0.29, 0.717) is 18.0 Å². The Balaban J connectivity index is 2.69. The predicted molar refractivity (Wildman–Crippen MR) is 73.8 cm³/mol. The van der Waals surface area contributed by atoms with Crippen LogP contribution in [-0.4, -0.2) is 33.3 Å². The van der Waals surface area contributed by atoms with E-state index in [2.05, 4.69) is 4.90 Å². The van der Waals surface area contributed by atoms with Gasteiger partial charge in [-0.05, 0) is 38.0 Å². The van der Waals surface area contributed by atoms with Gasteiger partial charge in [-0.2, -0.15) is 0 Å². The number of rotatable bonds is 2. The molecule has 1 aliphatic rings. The fourth-order valence-electron chi connectivity index (χ4n) is 2.76. The van der Waals surface area contributed by atoms with Crippen molar-refractivity contribution in [3.05, 3.63) is 23.3 Å². The SMILES string of the molecule is Cc1cc(C)c2c(c1)N(CCN)C(C)CS2(=O)=O. The van der Waals surface area contributed by atoms with Crippen molar-refractivity contribution in [1.29, 1.82) is 0 Å². The summed E-state index contributed by atoms with van der Waals surface area (Å²) in [6.07, 6.45) is 0. The van der Waals surface area contributed by atoms with Gasteiger partial charge >= 0.3 is 0 Å². The Morgan fingerprint density at radius 3 is 2.67 bits per heavy atom. The monoisotopic (exact) mass is 268 g/mol. The van der Waals surface area contributed by atoms with Gasteiger partial charge in [0.1, 0.15) is 0 Å². The lowest BCUT2D eigenvalue weighted by atomic mass is 10.1. The van der Waals surface area contributed by atoms with Gasteiger partial charge in [0.05, 0.1) is 16.3 Å². The van der Waals surface area contributed by atoms with Crippen LogP contribution in [0.25, 0.3) is 0 Å². The third-order valence-electron chi connectivity index (χ3n) is 3.38. The van der Waals surface area contributed by atoms with Crippen molar-refractivity contribution < 1.29 is 8.42 Å². The van der Waals surface area contributed by atoms with E-state index in [-0.39, 0.29) is 11.8 Å². The van der Waals surface area contributed by atoms with Crippen LogP contribution >= 0.6 is 0 Å². The van der Waals surface area contributed by atoms with Crippen molar-refractivity contribution in [3.8, 4) is 0 Å². The molecule has 1 aromatic carbocycles. The highest BCUT2D eigenvalue weighted by Gasteiger charge is 2.34. The van der Waals surface area contributed by atoms with Crippen LogP contribution in [0.1, 0.15) is 18.1 Å². The molecule has 0 aliphatic carbocycles. The second-order valence-corrected chi connectivity index (χ2v) is 7.01. The van der Waals surface area contributed by atoms with E-state index in [1.165, 1.54) is 0 Å². The second-order valence-electron chi connectivity index (χ2n) is 5.04. The fourth-order valence-corrected chi connectivity index (χ4v) is 4.78. The molecule has 1 heterocycles. The Morgan fingerprint density at radius 2 is 2.06 bits per heavy atom. The second kappa shape index (κ2) is 4.55. The van der Waals surface area contributed by atoms with Gasteiger partial charge in [-0.25, -0.2) is 8.42 Å². The van der Waals surface area contributed by atoms with Crippen LogP contribution in [0.3, 0.4) is 0 Å². The lowest BCUT2D eigenvalue weighted by Crippen LogP contribution is -2.45. The van der Waals surface area contributed by atoms with Crippen molar-refractivity contribution in [2.24, 2.45) is 5.73 Å². The summed E-state index contributed by atoms with van der Waals surface area (Å²) in [6.45, 7) is 7.00. The summed E-state index contributed by atoms with van der Waals surface area (Å²) in [5.74, 6) is 0.171. The number of benzene rings is 1. The zero-order valence-electron chi connectivity index (χ0n) is 11.1. The molecular weight excluding hydrogens is 248 g/mol. The van der Waals surface area contributed by atoms with Gasteiger partial charge in [0, 0.05) is 19.1 Å². The zero-order chi connectivity index (χ0) is 13.5. The van der Waals surface area contributed by atoms with Gasteiger partial charge in [0.15, 0.2) is 9.84 Å². The summed E-state index contributed by atoms with van der Waals surface area (Å²) in [7, 11) is -3.17. The van der Waals surface area contributed by atoms with Crippen molar-refractivity contribution in [1.82, 2.24) is 0 Å². The van der Waals surface area contributed by atoms with Gasteiger partial charge in [0.2, 0.25) is 0 Å². The van der Waals surface area contributed by atoms with Gasteiger partial charge in [0.25, 0.3) is 0 Å². The van der Waals surface area contributed by atoms with Gasteiger partial charge < -0.3 is 10.6 Å². The molecule has 0 bridgehead atoms. The largest absolute Gasteiger partial charge is 0.365 e. The summed E-state index contributed by atoms with van der Waals surface area (Å²) >= 11 is 0. The molecule has 0 saturated carbocycles. The molecule has 1 aromatic rings. The maximum atomic E-state index is 12.3. The Bertz CT molecular complexity index is 567. The minimum Gasteiger partial charge on any atom is -0.365 e. The molecule has 18 heavy (non-hydrogen) atoms. The van der Waals surface area contributed by atoms with E-state index in [0.717, 1.165) is 16.8 Å². The van der Waals surface area contributed by atoms with E-state index in [1.54, 1.807) is 0 Å². The molecule has 2 N–H and O–H groups in total. The van der Waals surface area contributed by atoms with Crippen molar-refractivity contribution in [2.75, 3.05) is 23.7 Å². The molecule has 4 nitrogen and oxygen atoms in total. The Labute approximate surface area is 109 Å². The van der Waals surface area contributed by atoms with Crippen LogP contribution in [0, 0.1) is 13.8 Å². The van der Waals surface area contributed by atoms with E-state index in [1.807, 2.05) is 32.9 Å². The molecule has 0 fully saturated rings. The summed E-state index contributed by atoms with van der Waals surface area (Å²) < 4.78 is 24.6. The normalized spacial score (nSPS) is 21.8. The molecule has 100 valence electrons. The molecular formula is C13H20N2O2S. The van der Waals surface area contributed by atoms with Gasteiger partial charge in [-0.1, -0.05) is 6.07 Å². The third kappa shape index (κ3) is 2.12. The highest BCUT2D eigenvalue weighted by atomic mass is 32.2. The van der Waals surface area contributed by atoms with Crippen molar-refractivity contribution in [2.45, 2.75) is 31.7 Å². The molecule has 5 heteroatoms. The first kappa shape index (κ1) is 13.4. The lowest BCUT2D eigenvalue weighted by molar-refractivity contribution is 0.571. The van der Waals surface area contributed by atoms with Crippen LogP contribution in [0.2, 0.25) is 0 Å². The Morgan fingerprint density at radius 1 is 1.39 bits per heavy atom. The van der Waals surface area contributed by atoms with E-state index in [9.17, 15) is 8.42 Å². The molecule has 1 aliphatic heterocycles. The zero-order valence-corrected chi connectivity index (χ0v) is 11.9. The summed E-state index contributed by atoms with van der Waals surface area (Å²) in [5, 5.41) is 0. The number of aryl methyl sites for hydroxylation is 2. The molecule has 0 amide bonds. The highest BCUT2D eigenvalue weighted by molar-refractivity contribution is 7.91. The van der Waals surface area contributed by atoms with Gasteiger partial charge in [-0.3, -0.25) is 0 Å². The average Bonchev–Trinajstić information content (AvgIpc) is 2.21. The predicted octanol–water partition coefficient (Wildman–Crippen LogP) is 1.24. The summed E-state index contributed by atoms with van der Waals surface area (Å²) in [4.78, 5) is 2.59. The smallest absolute Gasteiger partial charge is 0.182 e. The van der Waals surface area contributed by atoms with Gasteiger partial charge in [-0.15, -0.1) is 0 Å². The molecule has 1 unspecified atom stereocenters. The molecule has 2 rings (SSSR count). The number of fused-ring (bicyclic) bond motifs is 1. The Hall–Kier alpha value is -1.07. The van der Waals surface area contributed by atoms with Crippen LogP contribution in [0.15, 0.2) is 17.0 Å². The van der Waals surface area contributed by atoms with E-state index >= 15 is 0 Å². The van der Waals surface area contributed by atoms with Crippen LogP contribution < -0.4 is 10.6 Å². The van der Waals surface area contributed by atoms with Crippen LogP contribution in [-0.2, 0) is 9.84 Å².